The maximum absolute atomic E-state index is 5.17. The molecule has 0 bridgehead atoms. The zero-order chi connectivity index (χ0) is 14.7. The van der Waals surface area contributed by atoms with Gasteiger partial charge in [0.05, 0.1) is 24.2 Å². The predicted octanol–water partition coefficient (Wildman–Crippen LogP) is 3.70. The van der Waals surface area contributed by atoms with Crippen molar-refractivity contribution in [1.29, 1.82) is 0 Å². The molecule has 0 aliphatic heterocycles. The molecule has 0 aliphatic carbocycles. The van der Waals surface area contributed by atoms with Crippen LogP contribution in [-0.4, -0.2) is 16.9 Å². The highest BCUT2D eigenvalue weighted by Gasteiger charge is 2.12. The summed E-state index contributed by atoms with van der Waals surface area (Å²) in [7, 11) is 1.68. The molecule has 4 nitrogen and oxygen atoms in total. The minimum Gasteiger partial charge on any atom is -0.497 e. The molecular weight excluding hydrogens is 250 g/mol. The van der Waals surface area contributed by atoms with Crippen molar-refractivity contribution >= 4 is 5.69 Å². The Labute approximate surface area is 120 Å². The number of hydrogen-bond acceptors (Lipinski definition) is 3. The van der Waals surface area contributed by atoms with Crippen LogP contribution in [0.1, 0.15) is 36.8 Å². The Morgan fingerprint density at radius 3 is 2.35 bits per heavy atom. The van der Waals surface area contributed by atoms with E-state index in [2.05, 4.69) is 48.0 Å². The van der Waals surface area contributed by atoms with Crippen LogP contribution in [0.3, 0.4) is 0 Å². The molecule has 1 N–H and O–H groups in total. The molecule has 0 atom stereocenters. The van der Waals surface area contributed by atoms with E-state index in [0.29, 0.717) is 6.04 Å². The minimum atomic E-state index is 0.380. The number of methoxy groups -OCH3 is 1. The van der Waals surface area contributed by atoms with Gasteiger partial charge in [-0.3, -0.25) is 4.68 Å². The first-order valence-electron chi connectivity index (χ1n) is 6.95. The van der Waals surface area contributed by atoms with Crippen molar-refractivity contribution in [3.8, 4) is 5.75 Å². The van der Waals surface area contributed by atoms with Crippen LogP contribution in [0.25, 0.3) is 0 Å². The van der Waals surface area contributed by atoms with Gasteiger partial charge in [0.1, 0.15) is 5.75 Å². The SMILES string of the molecule is COc1ccc(CNc2c(C)nn(C(C)C)c2C)cc1. The molecule has 0 amide bonds. The summed E-state index contributed by atoms with van der Waals surface area (Å²) in [4.78, 5) is 0. The van der Waals surface area contributed by atoms with Crippen LogP contribution in [0.15, 0.2) is 24.3 Å². The predicted molar refractivity (Wildman–Crippen MR) is 82.4 cm³/mol. The number of nitrogens with zero attached hydrogens (tertiary/aromatic N) is 2. The van der Waals surface area contributed by atoms with Crippen molar-refractivity contribution in [2.75, 3.05) is 12.4 Å². The molecule has 20 heavy (non-hydrogen) atoms. The summed E-state index contributed by atoms with van der Waals surface area (Å²) in [6.07, 6.45) is 0. The van der Waals surface area contributed by atoms with E-state index in [4.69, 9.17) is 4.74 Å². The molecule has 1 aromatic heterocycles. The van der Waals surface area contributed by atoms with E-state index in [-0.39, 0.29) is 0 Å². The van der Waals surface area contributed by atoms with Gasteiger partial charge in [-0.25, -0.2) is 0 Å². The Hall–Kier alpha value is -1.97. The Morgan fingerprint density at radius 1 is 1.20 bits per heavy atom. The van der Waals surface area contributed by atoms with Crippen molar-refractivity contribution in [2.24, 2.45) is 0 Å². The number of nitrogens with one attached hydrogen (secondary N) is 1. The lowest BCUT2D eigenvalue weighted by Gasteiger charge is -2.10. The number of anilines is 1. The van der Waals surface area contributed by atoms with Gasteiger partial charge in [-0.15, -0.1) is 0 Å². The van der Waals surface area contributed by atoms with Crippen LogP contribution in [-0.2, 0) is 6.54 Å². The standard InChI is InChI=1S/C16H23N3O/c1-11(2)19-13(4)16(12(3)18-19)17-10-14-6-8-15(20-5)9-7-14/h6-9,11,17H,10H2,1-5H3. The average molecular weight is 273 g/mol. The molecule has 1 aromatic carbocycles. The van der Waals surface area contributed by atoms with E-state index >= 15 is 0 Å². The van der Waals surface area contributed by atoms with Crippen LogP contribution >= 0.6 is 0 Å². The van der Waals surface area contributed by atoms with Gasteiger partial charge < -0.3 is 10.1 Å². The third-order valence-electron chi connectivity index (χ3n) is 3.44. The van der Waals surface area contributed by atoms with Crippen LogP contribution < -0.4 is 10.1 Å². The molecule has 2 rings (SSSR count). The van der Waals surface area contributed by atoms with E-state index in [1.54, 1.807) is 7.11 Å². The Morgan fingerprint density at radius 2 is 1.85 bits per heavy atom. The van der Waals surface area contributed by atoms with Crippen molar-refractivity contribution in [2.45, 2.75) is 40.3 Å². The van der Waals surface area contributed by atoms with Gasteiger partial charge in [0.15, 0.2) is 0 Å². The normalized spacial score (nSPS) is 10.9. The topological polar surface area (TPSA) is 39.1 Å². The summed E-state index contributed by atoms with van der Waals surface area (Å²) in [5.41, 5.74) is 4.59. The quantitative estimate of drug-likeness (QED) is 0.902. The number of hydrogen-bond donors (Lipinski definition) is 1. The third kappa shape index (κ3) is 2.95. The maximum atomic E-state index is 5.17. The van der Waals surface area contributed by atoms with Crippen LogP contribution in [0.4, 0.5) is 5.69 Å². The highest BCUT2D eigenvalue weighted by Crippen LogP contribution is 2.23. The summed E-state index contributed by atoms with van der Waals surface area (Å²) < 4.78 is 7.23. The molecule has 2 aromatic rings. The van der Waals surface area contributed by atoms with Crippen molar-refractivity contribution < 1.29 is 4.74 Å². The summed E-state index contributed by atoms with van der Waals surface area (Å²) >= 11 is 0. The van der Waals surface area contributed by atoms with Gasteiger partial charge >= 0.3 is 0 Å². The molecule has 0 radical (unpaired) electrons. The molecule has 0 unspecified atom stereocenters. The number of ether oxygens (including phenoxy) is 1. The van der Waals surface area contributed by atoms with Crippen molar-refractivity contribution in [3.05, 3.63) is 41.2 Å². The lowest BCUT2D eigenvalue weighted by Crippen LogP contribution is -2.06. The summed E-state index contributed by atoms with van der Waals surface area (Å²) in [6.45, 7) is 9.23. The monoisotopic (exact) mass is 273 g/mol. The van der Waals surface area contributed by atoms with Gasteiger partial charge in [0.2, 0.25) is 0 Å². The molecule has 1 heterocycles. The Balaban J connectivity index is 2.10. The fourth-order valence-corrected chi connectivity index (χ4v) is 2.36. The van der Waals surface area contributed by atoms with Crippen molar-refractivity contribution in [3.63, 3.8) is 0 Å². The highest BCUT2D eigenvalue weighted by molar-refractivity contribution is 5.52. The molecule has 108 valence electrons. The number of aryl methyl sites for hydroxylation is 1. The average Bonchev–Trinajstić information content (AvgIpc) is 2.72. The zero-order valence-electron chi connectivity index (χ0n) is 12.9. The maximum Gasteiger partial charge on any atom is 0.118 e. The van der Waals surface area contributed by atoms with Gasteiger partial charge in [0, 0.05) is 12.6 Å². The molecule has 4 heteroatoms. The second kappa shape index (κ2) is 5.99. The first kappa shape index (κ1) is 14.4. The highest BCUT2D eigenvalue weighted by atomic mass is 16.5. The molecule has 0 saturated heterocycles. The second-order valence-electron chi connectivity index (χ2n) is 5.29. The number of rotatable bonds is 5. The molecule has 0 saturated carbocycles. The largest absolute Gasteiger partial charge is 0.497 e. The van der Waals surface area contributed by atoms with E-state index in [1.807, 2.05) is 19.1 Å². The van der Waals surface area contributed by atoms with Crippen molar-refractivity contribution in [1.82, 2.24) is 9.78 Å². The van der Waals surface area contributed by atoms with E-state index in [9.17, 15) is 0 Å². The van der Waals surface area contributed by atoms with Crippen LogP contribution in [0.2, 0.25) is 0 Å². The summed E-state index contributed by atoms with van der Waals surface area (Å²) in [5, 5.41) is 8.07. The first-order valence-corrected chi connectivity index (χ1v) is 6.95. The Kier molecular flexibility index (Phi) is 4.32. The van der Waals surface area contributed by atoms with E-state index in [0.717, 1.165) is 23.7 Å². The van der Waals surface area contributed by atoms with Crippen LogP contribution in [0.5, 0.6) is 5.75 Å². The van der Waals surface area contributed by atoms with Gasteiger partial charge in [-0.05, 0) is 45.4 Å². The molecular formula is C16H23N3O. The lowest BCUT2D eigenvalue weighted by atomic mass is 10.2. The second-order valence-corrected chi connectivity index (χ2v) is 5.29. The van der Waals surface area contributed by atoms with Gasteiger partial charge in [-0.1, -0.05) is 12.1 Å². The Bertz CT molecular complexity index is 570. The molecule has 0 spiro atoms. The lowest BCUT2D eigenvalue weighted by molar-refractivity contribution is 0.414. The zero-order valence-corrected chi connectivity index (χ0v) is 12.9. The summed E-state index contributed by atoms with van der Waals surface area (Å²) in [5.74, 6) is 0.883. The third-order valence-corrected chi connectivity index (χ3v) is 3.44. The number of benzene rings is 1. The van der Waals surface area contributed by atoms with E-state index < -0.39 is 0 Å². The van der Waals surface area contributed by atoms with Crippen LogP contribution in [0, 0.1) is 13.8 Å². The first-order chi connectivity index (χ1) is 9.52. The fourth-order valence-electron chi connectivity index (χ4n) is 2.36. The smallest absolute Gasteiger partial charge is 0.118 e. The molecule has 0 fully saturated rings. The fraction of sp³-hybridized carbons (Fsp3) is 0.438. The van der Waals surface area contributed by atoms with E-state index in [1.165, 1.54) is 11.3 Å². The molecule has 0 aliphatic rings. The van der Waals surface area contributed by atoms with Gasteiger partial charge in [0.25, 0.3) is 0 Å². The summed E-state index contributed by atoms with van der Waals surface area (Å²) in [6, 6.07) is 8.49. The number of aromatic nitrogens is 2. The minimum absolute atomic E-state index is 0.380. The van der Waals surface area contributed by atoms with Gasteiger partial charge in [-0.2, -0.15) is 5.10 Å².